The molecular formula is C21H19BrN4O4S. The molecular weight excluding hydrogens is 484 g/mol. The number of sulfonamides is 1. The summed E-state index contributed by atoms with van der Waals surface area (Å²) in [5.74, 6) is 0. The Morgan fingerprint density at radius 2 is 1.74 bits per heavy atom. The average Bonchev–Trinajstić information content (AvgIpc) is 2.71. The van der Waals surface area contributed by atoms with Crippen molar-refractivity contribution in [3.8, 4) is 0 Å². The van der Waals surface area contributed by atoms with Gasteiger partial charge in [0.1, 0.15) is 4.90 Å². The molecule has 3 aromatic rings. The van der Waals surface area contributed by atoms with Gasteiger partial charge in [-0.2, -0.15) is 5.10 Å². The van der Waals surface area contributed by atoms with Crippen molar-refractivity contribution >= 4 is 49.2 Å². The highest BCUT2D eigenvalue weighted by Crippen LogP contribution is 2.29. The predicted octanol–water partition coefficient (Wildman–Crippen LogP) is 5.22. The molecule has 0 saturated carbocycles. The van der Waals surface area contributed by atoms with E-state index in [1.54, 1.807) is 19.1 Å². The molecule has 0 atom stereocenters. The van der Waals surface area contributed by atoms with E-state index in [0.717, 1.165) is 27.2 Å². The monoisotopic (exact) mass is 502 g/mol. The van der Waals surface area contributed by atoms with Crippen LogP contribution in [0.5, 0.6) is 0 Å². The summed E-state index contributed by atoms with van der Waals surface area (Å²) in [6.45, 7) is 3.68. The quantitative estimate of drug-likeness (QED) is 0.261. The SMILES string of the molecule is Cc1ccc(NS(=O)(=O)c2cc([N+](=O)[O-])ccc2N/N=C/c2ccccc2Br)c(C)c1. The Hall–Kier alpha value is -3.24. The zero-order chi connectivity index (χ0) is 22.6. The van der Waals surface area contributed by atoms with Crippen LogP contribution in [0, 0.1) is 24.0 Å². The zero-order valence-corrected chi connectivity index (χ0v) is 19.1. The number of hydrogen-bond acceptors (Lipinski definition) is 6. The minimum Gasteiger partial charge on any atom is -0.279 e. The van der Waals surface area contributed by atoms with E-state index in [0.29, 0.717) is 5.69 Å². The number of aryl methyl sites for hydroxylation is 2. The van der Waals surface area contributed by atoms with Gasteiger partial charge in [-0.15, -0.1) is 0 Å². The average molecular weight is 503 g/mol. The summed E-state index contributed by atoms with van der Waals surface area (Å²) in [4.78, 5) is 10.3. The number of hydrazone groups is 1. The Morgan fingerprint density at radius 1 is 1.03 bits per heavy atom. The Labute approximate surface area is 188 Å². The van der Waals surface area contributed by atoms with E-state index < -0.39 is 14.9 Å². The fraction of sp³-hybridized carbons (Fsp3) is 0.0952. The summed E-state index contributed by atoms with van der Waals surface area (Å²) < 4.78 is 29.5. The number of rotatable bonds is 7. The maximum Gasteiger partial charge on any atom is 0.270 e. The van der Waals surface area contributed by atoms with E-state index in [1.807, 2.05) is 37.3 Å². The zero-order valence-electron chi connectivity index (χ0n) is 16.7. The molecule has 0 heterocycles. The van der Waals surface area contributed by atoms with Gasteiger partial charge < -0.3 is 0 Å². The first-order chi connectivity index (χ1) is 14.7. The maximum absolute atomic E-state index is 13.1. The van der Waals surface area contributed by atoms with Gasteiger partial charge in [0.25, 0.3) is 15.7 Å². The van der Waals surface area contributed by atoms with Crippen molar-refractivity contribution in [1.82, 2.24) is 0 Å². The van der Waals surface area contributed by atoms with Crippen LogP contribution in [0.2, 0.25) is 0 Å². The molecule has 160 valence electrons. The largest absolute Gasteiger partial charge is 0.279 e. The molecule has 0 saturated heterocycles. The van der Waals surface area contributed by atoms with Crippen molar-refractivity contribution < 1.29 is 13.3 Å². The van der Waals surface area contributed by atoms with Crippen molar-refractivity contribution in [3.63, 3.8) is 0 Å². The van der Waals surface area contributed by atoms with Crippen LogP contribution in [0.25, 0.3) is 0 Å². The third kappa shape index (κ3) is 5.47. The highest BCUT2D eigenvalue weighted by Gasteiger charge is 2.23. The third-order valence-electron chi connectivity index (χ3n) is 4.39. The molecule has 0 fully saturated rings. The lowest BCUT2D eigenvalue weighted by atomic mass is 10.1. The second-order valence-corrected chi connectivity index (χ2v) is 9.26. The van der Waals surface area contributed by atoms with E-state index in [4.69, 9.17) is 0 Å². The number of nitrogens with one attached hydrogen (secondary N) is 2. The predicted molar refractivity (Wildman–Crippen MR) is 125 cm³/mol. The minimum absolute atomic E-state index is 0.103. The van der Waals surface area contributed by atoms with Gasteiger partial charge in [-0.05, 0) is 37.6 Å². The molecule has 8 nitrogen and oxygen atoms in total. The highest BCUT2D eigenvalue weighted by atomic mass is 79.9. The molecule has 10 heteroatoms. The molecule has 0 amide bonds. The number of nitro benzene ring substituents is 1. The molecule has 3 aromatic carbocycles. The van der Waals surface area contributed by atoms with Gasteiger partial charge in [0.05, 0.1) is 22.5 Å². The summed E-state index contributed by atoms with van der Waals surface area (Å²) in [6, 6.07) is 16.2. The first-order valence-corrected chi connectivity index (χ1v) is 11.4. The maximum atomic E-state index is 13.1. The molecule has 0 aliphatic rings. The lowest BCUT2D eigenvalue weighted by Gasteiger charge is -2.14. The van der Waals surface area contributed by atoms with Gasteiger partial charge in [0.2, 0.25) is 0 Å². The second-order valence-electron chi connectivity index (χ2n) is 6.75. The van der Waals surface area contributed by atoms with E-state index in [1.165, 1.54) is 18.3 Å². The highest BCUT2D eigenvalue weighted by molar-refractivity contribution is 9.10. The number of nitro groups is 1. The Bertz CT molecular complexity index is 1280. The van der Waals surface area contributed by atoms with Gasteiger partial charge in [-0.1, -0.05) is 51.8 Å². The van der Waals surface area contributed by atoms with Gasteiger partial charge in [0, 0.05) is 22.2 Å². The normalized spacial score (nSPS) is 11.5. The second kappa shape index (κ2) is 9.27. The summed E-state index contributed by atoms with van der Waals surface area (Å²) in [6.07, 6.45) is 1.51. The van der Waals surface area contributed by atoms with Crippen LogP contribution in [0.15, 0.2) is 75.1 Å². The van der Waals surface area contributed by atoms with Crippen molar-refractivity contribution in [2.75, 3.05) is 10.1 Å². The van der Waals surface area contributed by atoms with Gasteiger partial charge >= 0.3 is 0 Å². The van der Waals surface area contributed by atoms with Gasteiger partial charge in [-0.3, -0.25) is 20.3 Å². The summed E-state index contributed by atoms with van der Waals surface area (Å²) >= 11 is 3.40. The Kier molecular flexibility index (Phi) is 6.71. The molecule has 2 N–H and O–H groups in total. The number of nitrogens with zero attached hydrogens (tertiary/aromatic N) is 2. The standard InChI is InChI=1S/C21H19BrN4O4S/c1-14-7-9-19(15(2)11-14)25-31(29,30)21-12-17(26(27)28)8-10-20(21)24-23-13-16-5-3-4-6-18(16)22/h3-13,24-25H,1-2H3/b23-13+. The number of hydrogen-bond donors (Lipinski definition) is 2. The van der Waals surface area contributed by atoms with Crippen LogP contribution in [0.4, 0.5) is 17.1 Å². The van der Waals surface area contributed by atoms with Crippen LogP contribution < -0.4 is 10.1 Å². The van der Waals surface area contributed by atoms with Crippen LogP contribution in [-0.4, -0.2) is 19.6 Å². The van der Waals surface area contributed by atoms with E-state index in [2.05, 4.69) is 31.2 Å². The van der Waals surface area contributed by atoms with E-state index in [-0.39, 0.29) is 16.3 Å². The summed E-state index contributed by atoms with van der Waals surface area (Å²) in [5, 5.41) is 15.3. The lowest BCUT2D eigenvalue weighted by Crippen LogP contribution is -2.16. The smallest absolute Gasteiger partial charge is 0.270 e. The molecule has 0 radical (unpaired) electrons. The first kappa shape index (κ1) is 22.4. The van der Waals surface area contributed by atoms with Crippen LogP contribution in [-0.2, 0) is 10.0 Å². The number of benzene rings is 3. The van der Waals surface area contributed by atoms with Gasteiger partial charge in [0.15, 0.2) is 0 Å². The van der Waals surface area contributed by atoms with Crippen molar-refractivity contribution in [1.29, 1.82) is 0 Å². The molecule has 0 spiro atoms. The van der Waals surface area contributed by atoms with Crippen molar-refractivity contribution in [2.24, 2.45) is 5.10 Å². The van der Waals surface area contributed by atoms with Gasteiger partial charge in [-0.25, -0.2) is 8.42 Å². The molecule has 31 heavy (non-hydrogen) atoms. The van der Waals surface area contributed by atoms with Crippen LogP contribution in [0.3, 0.4) is 0 Å². The summed E-state index contributed by atoms with van der Waals surface area (Å²) in [7, 11) is -4.14. The molecule has 0 bridgehead atoms. The molecule has 0 aromatic heterocycles. The topological polar surface area (TPSA) is 114 Å². The molecule has 0 unspecified atom stereocenters. The van der Waals surface area contributed by atoms with Crippen molar-refractivity contribution in [3.05, 3.63) is 91.9 Å². The Morgan fingerprint density at radius 3 is 2.42 bits per heavy atom. The minimum atomic E-state index is -4.14. The first-order valence-electron chi connectivity index (χ1n) is 9.09. The van der Waals surface area contributed by atoms with E-state index >= 15 is 0 Å². The lowest BCUT2D eigenvalue weighted by molar-refractivity contribution is -0.385. The summed E-state index contributed by atoms with van der Waals surface area (Å²) in [5.41, 5.74) is 5.31. The Balaban J connectivity index is 1.97. The molecule has 0 aliphatic heterocycles. The van der Waals surface area contributed by atoms with Crippen LogP contribution in [0.1, 0.15) is 16.7 Å². The van der Waals surface area contributed by atoms with Crippen molar-refractivity contribution in [2.45, 2.75) is 18.7 Å². The number of halogens is 1. The molecule has 3 rings (SSSR count). The van der Waals surface area contributed by atoms with Crippen LogP contribution >= 0.6 is 15.9 Å². The fourth-order valence-electron chi connectivity index (χ4n) is 2.82. The van der Waals surface area contributed by atoms with E-state index in [9.17, 15) is 18.5 Å². The number of non-ortho nitro benzene ring substituents is 1. The fourth-order valence-corrected chi connectivity index (χ4v) is 4.51. The molecule has 0 aliphatic carbocycles. The number of anilines is 2. The third-order valence-corrected chi connectivity index (χ3v) is 6.51.